The lowest BCUT2D eigenvalue weighted by molar-refractivity contribution is -0.145. The Labute approximate surface area is 83.2 Å². The number of hydrogen-bond acceptors (Lipinski definition) is 2. The van der Waals surface area contributed by atoms with E-state index in [-0.39, 0.29) is 12.0 Å². The van der Waals surface area contributed by atoms with Gasteiger partial charge in [0.15, 0.2) is 6.17 Å². The van der Waals surface area contributed by atoms with Crippen molar-refractivity contribution in [1.29, 1.82) is 0 Å². The summed E-state index contributed by atoms with van der Waals surface area (Å²) in [4.78, 5) is 13.2. The van der Waals surface area contributed by atoms with Crippen molar-refractivity contribution in [3.63, 3.8) is 0 Å². The van der Waals surface area contributed by atoms with E-state index in [0.717, 1.165) is 0 Å². The molecule has 3 atom stereocenters. The molecule has 4 heteroatoms. The number of amides is 1. The van der Waals surface area contributed by atoms with E-state index in [1.165, 1.54) is 0 Å². The lowest BCUT2D eigenvalue weighted by atomic mass is 9.97. The van der Waals surface area contributed by atoms with Gasteiger partial charge < -0.3 is 9.64 Å². The average molecular weight is 201 g/mol. The minimum Gasteiger partial charge on any atom is -0.354 e. The highest BCUT2D eigenvalue weighted by Gasteiger charge is 2.56. The van der Waals surface area contributed by atoms with Crippen molar-refractivity contribution < 1.29 is 13.9 Å². The SMILES string of the molecule is CC[C@@H]1[C@H](F)C(=O)N2[C@@H]1COC2(C)C. The summed E-state index contributed by atoms with van der Waals surface area (Å²) in [6.07, 6.45) is -0.638. The first kappa shape index (κ1) is 9.90. The van der Waals surface area contributed by atoms with Gasteiger partial charge in [0.1, 0.15) is 5.72 Å². The highest BCUT2D eigenvalue weighted by Crippen LogP contribution is 2.41. The van der Waals surface area contributed by atoms with Crippen molar-refractivity contribution in [3.05, 3.63) is 0 Å². The Morgan fingerprint density at radius 1 is 1.64 bits per heavy atom. The summed E-state index contributed by atoms with van der Waals surface area (Å²) in [5.41, 5.74) is -0.629. The third-order valence-electron chi connectivity index (χ3n) is 3.33. The molecule has 0 aromatic heterocycles. The van der Waals surface area contributed by atoms with Gasteiger partial charge in [0.25, 0.3) is 5.91 Å². The van der Waals surface area contributed by atoms with Gasteiger partial charge >= 0.3 is 0 Å². The van der Waals surface area contributed by atoms with Crippen LogP contribution in [0.1, 0.15) is 27.2 Å². The first-order chi connectivity index (χ1) is 6.49. The summed E-state index contributed by atoms with van der Waals surface area (Å²) >= 11 is 0. The number of hydrogen-bond donors (Lipinski definition) is 0. The molecule has 80 valence electrons. The van der Waals surface area contributed by atoms with Crippen LogP contribution < -0.4 is 0 Å². The van der Waals surface area contributed by atoms with Crippen molar-refractivity contribution in [2.75, 3.05) is 6.61 Å². The van der Waals surface area contributed by atoms with Gasteiger partial charge in [0, 0.05) is 5.92 Å². The number of nitrogens with zero attached hydrogens (tertiary/aromatic N) is 1. The van der Waals surface area contributed by atoms with Gasteiger partial charge in [-0.1, -0.05) is 6.92 Å². The second-order valence-corrected chi connectivity index (χ2v) is 4.51. The normalized spacial score (nSPS) is 40.4. The fraction of sp³-hybridized carbons (Fsp3) is 0.900. The molecule has 2 aliphatic rings. The van der Waals surface area contributed by atoms with Gasteiger partial charge in [-0.3, -0.25) is 4.79 Å². The van der Waals surface area contributed by atoms with Crippen LogP contribution in [-0.4, -0.2) is 35.4 Å². The van der Waals surface area contributed by atoms with Crippen LogP contribution in [0.3, 0.4) is 0 Å². The van der Waals surface area contributed by atoms with Crippen LogP contribution in [0.25, 0.3) is 0 Å². The Balaban J connectivity index is 2.30. The maximum atomic E-state index is 13.6. The van der Waals surface area contributed by atoms with Gasteiger partial charge in [-0.25, -0.2) is 4.39 Å². The molecule has 0 aromatic rings. The van der Waals surface area contributed by atoms with Crippen LogP contribution in [0.15, 0.2) is 0 Å². The largest absolute Gasteiger partial charge is 0.354 e. The molecular weight excluding hydrogens is 185 g/mol. The molecule has 0 unspecified atom stereocenters. The van der Waals surface area contributed by atoms with Crippen molar-refractivity contribution in [1.82, 2.24) is 4.90 Å². The number of fused-ring (bicyclic) bond motifs is 1. The van der Waals surface area contributed by atoms with Crippen LogP contribution in [0.2, 0.25) is 0 Å². The predicted octanol–water partition coefficient (Wildman–Crippen LogP) is 1.33. The number of alkyl halides is 1. The Kier molecular flexibility index (Phi) is 2.07. The molecule has 2 heterocycles. The zero-order valence-electron chi connectivity index (χ0n) is 8.79. The molecule has 0 radical (unpaired) electrons. The van der Waals surface area contributed by atoms with Crippen LogP contribution in [-0.2, 0) is 9.53 Å². The van der Waals surface area contributed by atoms with Crippen LogP contribution >= 0.6 is 0 Å². The lowest BCUT2D eigenvalue weighted by Gasteiger charge is -2.29. The standard InChI is InChI=1S/C10H16FNO2/c1-4-6-7-5-14-10(2,3)12(7)9(13)8(6)11/h6-8H,4-5H2,1-3H3/t6-,7+,8-/m0/s1. The van der Waals surface area contributed by atoms with E-state index in [2.05, 4.69) is 0 Å². The molecule has 2 saturated heterocycles. The second-order valence-electron chi connectivity index (χ2n) is 4.51. The summed E-state index contributed by atoms with van der Waals surface area (Å²) < 4.78 is 19.1. The summed E-state index contributed by atoms with van der Waals surface area (Å²) in [5.74, 6) is -0.589. The van der Waals surface area contributed by atoms with E-state index in [0.29, 0.717) is 13.0 Å². The third-order valence-corrected chi connectivity index (χ3v) is 3.33. The molecule has 2 fully saturated rings. The fourth-order valence-electron chi connectivity index (χ4n) is 2.57. The highest BCUT2D eigenvalue weighted by atomic mass is 19.1. The van der Waals surface area contributed by atoms with Crippen molar-refractivity contribution in [2.45, 2.75) is 45.1 Å². The monoisotopic (exact) mass is 201 g/mol. The molecule has 0 saturated carbocycles. The molecule has 2 aliphatic heterocycles. The molecule has 2 rings (SSSR count). The molecule has 0 spiro atoms. The number of carbonyl (C=O) groups is 1. The Hall–Kier alpha value is -0.640. The Morgan fingerprint density at radius 2 is 2.29 bits per heavy atom. The number of carbonyl (C=O) groups excluding carboxylic acids is 1. The van der Waals surface area contributed by atoms with E-state index < -0.39 is 17.8 Å². The molecule has 0 N–H and O–H groups in total. The minimum absolute atomic E-state index is 0.0579. The van der Waals surface area contributed by atoms with Crippen molar-refractivity contribution in [3.8, 4) is 0 Å². The maximum absolute atomic E-state index is 13.6. The molecule has 0 bridgehead atoms. The number of halogens is 1. The first-order valence-corrected chi connectivity index (χ1v) is 5.10. The van der Waals surface area contributed by atoms with Gasteiger partial charge in [0.2, 0.25) is 0 Å². The van der Waals surface area contributed by atoms with E-state index in [4.69, 9.17) is 4.74 Å². The van der Waals surface area contributed by atoms with E-state index in [1.54, 1.807) is 4.90 Å². The van der Waals surface area contributed by atoms with Gasteiger partial charge in [0.05, 0.1) is 12.6 Å². The smallest absolute Gasteiger partial charge is 0.260 e. The van der Waals surface area contributed by atoms with Crippen LogP contribution in [0, 0.1) is 5.92 Å². The first-order valence-electron chi connectivity index (χ1n) is 5.10. The quantitative estimate of drug-likeness (QED) is 0.640. The lowest BCUT2D eigenvalue weighted by Crippen LogP contribution is -2.44. The summed E-state index contributed by atoms with van der Waals surface area (Å²) in [5, 5.41) is 0. The predicted molar refractivity (Wildman–Crippen MR) is 49.3 cm³/mol. The minimum atomic E-state index is -1.33. The number of rotatable bonds is 1. The second kappa shape index (κ2) is 2.92. The van der Waals surface area contributed by atoms with E-state index in [9.17, 15) is 9.18 Å². The summed E-state index contributed by atoms with van der Waals surface area (Å²) in [7, 11) is 0. The fourth-order valence-corrected chi connectivity index (χ4v) is 2.57. The highest BCUT2D eigenvalue weighted by molar-refractivity contribution is 5.85. The zero-order valence-corrected chi connectivity index (χ0v) is 8.79. The van der Waals surface area contributed by atoms with Gasteiger partial charge in [-0.05, 0) is 20.3 Å². The van der Waals surface area contributed by atoms with E-state index in [1.807, 2.05) is 20.8 Å². The van der Waals surface area contributed by atoms with Crippen LogP contribution in [0.5, 0.6) is 0 Å². The van der Waals surface area contributed by atoms with Crippen molar-refractivity contribution in [2.24, 2.45) is 5.92 Å². The topological polar surface area (TPSA) is 29.5 Å². The molecule has 3 nitrogen and oxygen atoms in total. The Morgan fingerprint density at radius 3 is 2.86 bits per heavy atom. The summed E-state index contributed by atoms with van der Waals surface area (Å²) in [6.45, 7) is 6.02. The third kappa shape index (κ3) is 1.10. The van der Waals surface area contributed by atoms with E-state index >= 15 is 0 Å². The number of ether oxygens (including phenoxy) is 1. The summed E-state index contributed by atoms with van der Waals surface area (Å²) in [6, 6.07) is -0.0579. The molecule has 0 aliphatic carbocycles. The maximum Gasteiger partial charge on any atom is 0.260 e. The molecule has 1 amide bonds. The van der Waals surface area contributed by atoms with Crippen LogP contribution in [0.4, 0.5) is 4.39 Å². The molecule has 0 aromatic carbocycles. The van der Waals surface area contributed by atoms with Crippen molar-refractivity contribution >= 4 is 5.91 Å². The average Bonchev–Trinajstić information content (AvgIpc) is 2.53. The molecule has 14 heavy (non-hydrogen) atoms. The molecular formula is C10H16FNO2. The van der Waals surface area contributed by atoms with Gasteiger partial charge in [-0.2, -0.15) is 0 Å². The zero-order chi connectivity index (χ0) is 10.5. The Bertz CT molecular complexity index is 267. The van der Waals surface area contributed by atoms with Gasteiger partial charge in [-0.15, -0.1) is 0 Å².